The molecule has 0 spiro atoms. The molecule has 0 fully saturated rings. The van der Waals surface area contributed by atoms with E-state index in [1.807, 2.05) is 17.1 Å². The van der Waals surface area contributed by atoms with Gasteiger partial charge in [-0.05, 0) is 22.0 Å². The summed E-state index contributed by atoms with van der Waals surface area (Å²) >= 11 is 3.50. The molecule has 0 amide bonds. The van der Waals surface area contributed by atoms with Crippen LogP contribution in [0.2, 0.25) is 25.7 Å². The normalized spacial score (nSPS) is 11.6. The zero-order valence-corrected chi connectivity index (χ0v) is 16.6. The second-order valence-corrected chi connectivity index (χ2v) is 12.0. The second-order valence-electron chi connectivity index (χ2n) is 5.55. The first-order chi connectivity index (χ1) is 8.47. The number of ether oxygens (including phenoxy) is 1. The van der Waals surface area contributed by atoms with Crippen LogP contribution >= 0.6 is 15.9 Å². The molecule has 0 saturated heterocycles. The smallest absolute Gasteiger partial charge is 1.00 e. The number of hydrogen-bond acceptors (Lipinski definition) is 3. The molecule has 2 heterocycles. The molecule has 0 aliphatic carbocycles. The summed E-state index contributed by atoms with van der Waals surface area (Å²) in [5.41, 5.74) is 1.04. The predicted octanol–water partition coefficient (Wildman–Crippen LogP) is 0.623. The minimum atomic E-state index is -1.02. The summed E-state index contributed by atoms with van der Waals surface area (Å²) < 4.78 is 8.53. The van der Waals surface area contributed by atoms with Crippen molar-refractivity contribution in [2.45, 2.75) is 32.4 Å². The van der Waals surface area contributed by atoms with Gasteiger partial charge in [0, 0.05) is 32.5 Å². The molecule has 0 N–H and O–H groups in total. The van der Waals surface area contributed by atoms with E-state index >= 15 is 0 Å². The molecule has 2 rings (SSSR count). The molecule has 0 bridgehead atoms. The van der Waals surface area contributed by atoms with E-state index in [1.54, 1.807) is 6.20 Å². The Morgan fingerprint density at radius 1 is 1.32 bits per heavy atom. The first-order valence-electron chi connectivity index (χ1n) is 6.00. The van der Waals surface area contributed by atoms with Gasteiger partial charge in [0.2, 0.25) is 0 Å². The number of rotatable bonds is 5. The van der Waals surface area contributed by atoms with E-state index in [-0.39, 0.29) is 31.0 Å². The van der Waals surface area contributed by atoms with Gasteiger partial charge >= 0.3 is 29.6 Å². The van der Waals surface area contributed by atoms with Gasteiger partial charge in [-0.2, -0.15) is 5.10 Å². The van der Waals surface area contributed by atoms with Crippen molar-refractivity contribution in [2.75, 3.05) is 6.61 Å². The predicted molar refractivity (Wildman–Crippen MR) is 80.4 cm³/mol. The maximum atomic E-state index is 5.71. The Morgan fingerprint density at radius 2 is 2.05 bits per heavy atom. The molecule has 0 saturated carbocycles. The third kappa shape index (κ3) is 4.95. The Morgan fingerprint density at radius 3 is 2.74 bits per heavy atom. The van der Waals surface area contributed by atoms with Gasteiger partial charge in [-0.1, -0.05) is 19.6 Å². The van der Waals surface area contributed by atoms with Crippen LogP contribution in [0.25, 0.3) is 10.9 Å². The van der Waals surface area contributed by atoms with E-state index in [9.17, 15) is 0 Å². The van der Waals surface area contributed by atoms with E-state index < -0.39 is 8.07 Å². The molecule has 100 valence electrons. The molecule has 2 aromatic heterocycles. The molecule has 0 aliphatic heterocycles. The molecule has 0 aromatic carbocycles. The molecule has 0 atom stereocenters. The van der Waals surface area contributed by atoms with Crippen molar-refractivity contribution in [3.05, 3.63) is 23.1 Å². The molecule has 0 radical (unpaired) electrons. The first kappa shape index (κ1) is 17.3. The SMILES string of the molecule is C[Si](C)(C)CCOCn1ncc2cncc(Br)c21.[H-].[Na+]. The van der Waals surface area contributed by atoms with Gasteiger partial charge in [0.1, 0.15) is 6.73 Å². The average molecular weight is 352 g/mol. The zero-order chi connectivity index (χ0) is 13.2. The largest absolute Gasteiger partial charge is 1.00 e. The van der Waals surface area contributed by atoms with Crippen LogP contribution in [-0.4, -0.2) is 29.4 Å². The Balaban J connectivity index is 0.00000180. The number of aromatic nitrogens is 3. The monoisotopic (exact) mass is 351 g/mol. The van der Waals surface area contributed by atoms with Crippen molar-refractivity contribution < 1.29 is 35.7 Å². The van der Waals surface area contributed by atoms with Gasteiger partial charge in [-0.15, -0.1) is 0 Å². The van der Waals surface area contributed by atoms with Gasteiger partial charge in [0.05, 0.1) is 16.2 Å². The third-order valence-corrected chi connectivity index (χ3v) is 4.99. The fourth-order valence-corrected chi connectivity index (χ4v) is 2.94. The van der Waals surface area contributed by atoms with Gasteiger partial charge < -0.3 is 6.16 Å². The molecular formula is C12H19BrN3NaOSi. The third-order valence-electron chi connectivity index (χ3n) is 2.71. The van der Waals surface area contributed by atoms with Crippen molar-refractivity contribution in [1.29, 1.82) is 0 Å². The van der Waals surface area contributed by atoms with Crippen LogP contribution in [-0.2, 0) is 11.5 Å². The van der Waals surface area contributed by atoms with Crippen molar-refractivity contribution in [3.63, 3.8) is 0 Å². The summed E-state index contributed by atoms with van der Waals surface area (Å²) in [6.07, 6.45) is 5.41. The van der Waals surface area contributed by atoms with Crippen LogP contribution in [0.15, 0.2) is 23.1 Å². The summed E-state index contributed by atoms with van der Waals surface area (Å²) in [5, 5.41) is 5.35. The number of nitrogens with zero attached hydrogens (tertiary/aromatic N) is 3. The van der Waals surface area contributed by atoms with E-state index in [0.717, 1.165) is 22.0 Å². The maximum Gasteiger partial charge on any atom is 1.00 e. The van der Waals surface area contributed by atoms with Crippen LogP contribution in [0, 0.1) is 0 Å². The summed E-state index contributed by atoms with van der Waals surface area (Å²) in [6, 6.07) is 1.18. The summed E-state index contributed by atoms with van der Waals surface area (Å²) in [4.78, 5) is 4.12. The molecule has 19 heavy (non-hydrogen) atoms. The Labute approximate surface area is 146 Å². The Hall–Kier alpha value is 0.277. The first-order valence-corrected chi connectivity index (χ1v) is 10.5. The second kappa shape index (κ2) is 7.33. The topological polar surface area (TPSA) is 39.9 Å². The Kier molecular flexibility index (Phi) is 6.69. The summed E-state index contributed by atoms with van der Waals surface area (Å²) in [7, 11) is -1.02. The molecule has 0 unspecified atom stereocenters. The van der Waals surface area contributed by atoms with Gasteiger partial charge in [-0.3, -0.25) is 4.98 Å². The number of fused-ring (bicyclic) bond motifs is 1. The summed E-state index contributed by atoms with van der Waals surface area (Å²) in [5.74, 6) is 0. The van der Waals surface area contributed by atoms with Gasteiger partial charge in [0.25, 0.3) is 0 Å². The van der Waals surface area contributed by atoms with E-state index in [4.69, 9.17) is 4.74 Å². The number of halogens is 1. The molecule has 0 aliphatic rings. The molecular weight excluding hydrogens is 333 g/mol. The molecule has 2 aromatic rings. The van der Waals surface area contributed by atoms with E-state index in [2.05, 4.69) is 45.7 Å². The average Bonchev–Trinajstić information content (AvgIpc) is 2.68. The van der Waals surface area contributed by atoms with Crippen LogP contribution in [0.3, 0.4) is 0 Å². The van der Waals surface area contributed by atoms with Gasteiger partial charge in [0.15, 0.2) is 0 Å². The van der Waals surface area contributed by atoms with Crippen LogP contribution in [0.1, 0.15) is 1.43 Å². The molecule has 7 heteroatoms. The number of hydrogen-bond donors (Lipinski definition) is 0. The molecule has 4 nitrogen and oxygen atoms in total. The van der Waals surface area contributed by atoms with Gasteiger partial charge in [-0.25, -0.2) is 4.68 Å². The maximum absolute atomic E-state index is 5.71. The zero-order valence-electron chi connectivity index (χ0n) is 13.0. The minimum absolute atomic E-state index is 0. The van der Waals surface area contributed by atoms with Crippen molar-refractivity contribution >= 4 is 34.9 Å². The van der Waals surface area contributed by atoms with E-state index in [0.29, 0.717) is 6.73 Å². The van der Waals surface area contributed by atoms with Crippen LogP contribution < -0.4 is 29.6 Å². The van der Waals surface area contributed by atoms with Crippen molar-refractivity contribution in [3.8, 4) is 0 Å². The number of pyridine rings is 1. The van der Waals surface area contributed by atoms with Crippen molar-refractivity contribution in [1.82, 2.24) is 14.8 Å². The van der Waals surface area contributed by atoms with Crippen LogP contribution in [0.4, 0.5) is 0 Å². The quantitative estimate of drug-likeness (QED) is 0.585. The van der Waals surface area contributed by atoms with E-state index in [1.165, 1.54) is 6.04 Å². The minimum Gasteiger partial charge on any atom is -1.00 e. The fourth-order valence-electron chi connectivity index (χ4n) is 1.63. The summed E-state index contributed by atoms with van der Waals surface area (Å²) in [6.45, 7) is 8.35. The standard InChI is InChI=1S/C12H18BrN3OSi.Na.H/c1-18(2,3)5-4-17-9-16-12-10(7-15-16)6-14-8-11(12)13;;/h6-8H,4-5,9H2,1-3H3;;/q;+1;-1. The Bertz CT molecular complexity index is 547. The van der Waals surface area contributed by atoms with Crippen molar-refractivity contribution in [2.24, 2.45) is 0 Å². The van der Waals surface area contributed by atoms with Crippen LogP contribution in [0.5, 0.6) is 0 Å². The fraction of sp³-hybridized carbons (Fsp3) is 0.500.